The lowest BCUT2D eigenvalue weighted by atomic mass is 10.0. The predicted octanol–water partition coefficient (Wildman–Crippen LogP) is 3.39. The molecule has 128 valence electrons. The quantitative estimate of drug-likeness (QED) is 0.534. The first-order valence-electron chi connectivity index (χ1n) is 8.07. The number of nitrogens with zero attached hydrogens (tertiary/aromatic N) is 1. The van der Waals surface area contributed by atoms with Gasteiger partial charge in [0.15, 0.2) is 5.78 Å². The Kier molecular flexibility index (Phi) is 4.95. The number of ketones is 1. The fraction of sp³-hybridized carbons (Fsp3) is 0.200. The first-order chi connectivity index (χ1) is 12.1. The third-order valence-corrected chi connectivity index (χ3v) is 3.99. The van der Waals surface area contributed by atoms with Gasteiger partial charge in [0.25, 0.3) is 0 Å². The molecule has 0 fully saturated rings. The van der Waals surface area contributed by atoms with Crippen LogP contribution in [-0.2, 0) is 6.42 Å². The van der Waals surface area contributed by atoms with Gasteiger partial charge in [-0.25, -0.2) is 0 Å². The van der Waals surface area contributed by atoms with E-state index in [1.165, 1.54) is 0 Å². The van der Waals surface area contributed by atoms with E-state index in [2.05, 4.69) is 9.97 Å². The molecule has 0 saturated carbocycles. The van der Waals surface area contributed by atoms with Crippen molar-refractivity contribution in [3.8, 4) is 5.75 Å². The Bertz CT molecular complexity index is 911. The average Bonchev–Trinajstić information content (AvgIpc) is 2.95. The average molecular weight is 336 g/mol. The largest absolute Gasteiger partial charge is 0.497 e. The number of carbonyl (C=O) groups is 1. The number of hydrogen-bond donors (Lipinski definition) is 2. The van der Waals surface area contributed by atoms with Crippen molar-refractivity contribution < 1.29 is 14.6 Å². The van der Waals surface area contributed by atoms with Gasteiger partial charge in [-0.2, -0.15) is 0 Å². The molecule has 1 atom stereocenters. The number of rotatable bonds is 6. The first kappa shape index (κ1) is 16.9. The van der Waals surface area contributed by atoms with Gasteiger partial charge in [-0.05, 0) is 49.4 Å². The standard InChI is InChI=1S/C20H20N2O3/c1-13(23)11-19-16(4-6-20(24)14-7-9-21-10-8-14)17-12-15(25-2)3-5-18(17)22-19/h3-10,12-13,22-23H,11H2,1-2H3. The molecule has 0 spiro atoms. The van der Waals surface area contributed by atoms with Gasteiger partial charge in [0.1, 0.15) is 5.75 Å². The first-order valence-corrected chi connectivity index (χ1v) is 8.07. The van der Waals surface area contributed by atoms with Gasteiger partial charge in [-0.1, -0.05) is 0 Å². The van der Waals surface area contributed by atoms with Gasteiger partial charge in [0.2, 0.25) is 0 Å². The van der Waals surface area contributed by atoms with Crippen LogP contribution in [0.4, 0.5) is 0 Å². The molecule has 3 rings (SSSR count). The van der Waals surface area contributed by atoms with E-state index in [1.807, 2.05) is 18.2 Å². The van der Waals surface area contributed by atoms with Crippen LogP contribution in [-0.4, -0.2) is 34.1 Å². The van der Waals surface area contributed by atoms with Gasteiger partial charge >= 0.3 is 0 Å². The number of carbonyl (C=O) groups excluding carboxylic acids is 1. The second-order valence-electron chi connectivity index (χ2n) is 5.92. The molecule has 0 saturated heterocycles. The van der Waals surface area contributed by atoms with E-state index in [9.17, 15) is 9.90 Å². The molecule has 2 aromatic heterocycles. The molecule has 5 heteroatoms. The van der Waals surface area contributed by atoms with Crippen LogP contribution in [0.2, 0.25) is 0 Å². The third kappa shape index (κ3) is 3.78. The van der Waals surface area contributed by atoms with Crippen LogP contribution in [0.15, 0.2) is 48.8 Å². The lowest BCUT2D eigenvalue weighted by Gasteiger charge is -2.04. The van der Waals surface area contributed by atoms with Crippen molar-refractivity contribution in [3.05, 3.63) is 65.6 Å². The molecule has 0 bridgehead atoms. The molecular formula is C20H20N2O3. The highest BCUT2D eigenvalue weighted by Gasteiger charge is 2.13. The van der Waals surface area contributed by atoms with Crippen LogP contribution >= 0.6 is 0 Å². The third-order valence-electron chi connectivity index (χ3n) is 3.99. The van der Waals surface area contributed by atoms with E-state index in [0.717, 1.165) is 27.9 Å². The zero-order chi connectivity index (χ0) is 17.8. The minimum Gasteiger partial charge on any atom is -0.497 e. The number of aliphatic hydroxyl groups excluding tert-OH is 1. The fourth-order valence-corrected chi connectivity index (χ4v) is 2.79. The van der Waals surface area contributed by atoms with Crippen molar-refractivity contribution in [2.75, 3.05) is 7.11 Å². The Morgan fingerprint density at radius 2 is 2.08 bits per heavy atom. The van der Waals surface area contributed by atoms with Gasteiger partial charge in [0, 0.05) is 46.5 Å². The summed E-state index contributed by atoms with van der Waals surface area (Å²) in [7, 11) is 1.62. The Morgan fingerprint density at radius 3 is 2.76 bits per heavy atom. The van der Waals surface area contributed by atoms with Crippen molar-refractivity contribution in [3.63, 3.8) is 0 Å². The van der Waals surface area contributed by atoms with E-state index < -0.39 is 6.10 Å². The zero-order valence-corrected chi connectivity index (χ0v) is 14.2. The van der Waals surface area contributed by atoms with Crippen LogP contribution in [0.3, 0.4) is 0 Å². The number of allylic oxidation sites excluding steroid dienone is 1. The lowest BCUT2D eigenvalue weighted by Crippen LogP contribution is -2.05. The lowest BCUT2D eigenvalue weighted by molar-refractivity contribution is 0.104. The van der Waals surface area contributed by atoms with Crippen LogP contribution in [0.1, 0.15) is 28.5 Å². The SMILES string of the molecule is COc1ccc2[nH]c(CC(C)O)c(C=CC(=O)c3ccncc3)c2c1. The van der Waals surface area contributed by atoms with Crippen LogP contribution in [0.5, 0.6) is 5.75 Å². The number of methoxy groups -OCH3 is 1. The molecule has 0 aliphatic carbocycles. The number of hydrogen-bond acceptors (Lipinski definition) is 4. The number of aliphatic hydroxyl groups is 1. The summed E-state index contributed by atoms with van der Waals surface area (Å²) in [6.45, 7) is 1.74. The smallest absolute Gasteiger partial charge is 0.185 e. The summed E-state index contributed by atoms with van der Waals surface area (Å²) in [5.41, 5.74) is 3.29. The Morgan fingerprint density at radius 1 is 1.32 bits per heavy atom. The normalized spacial score (nSPS) is 12.6. The summed E-state index contributed by atoms with van der Waals surface area (Å²) in [5.74, 6) is 0.646. The van der Waals surface area contributed by atoms with Gasteiger partial charge in [0.05, 0.1) is 13.2 Å². The second kappa shape index (κ2) is 7.32. The van der Waals surface area contributed by atoms with Gasteiger partial charge < -0.3 is 14.8 Å². The number of H-pyrrole nitrogens is 1. The highest BCUT2D eigenvalue weighted by atomic mass is 16.5. The van der Waals surface area contributed by atoms with Crippen molar-refractivity contribution in [1.82, 2.24) is 9.97 Å². The molecule has 25 heavy (non-hydrogen) atoms. The second-order valence-corrected chi connectivity index (χ2v) is 5.92. The van der Waals surface area contributed by atoms with E-state index in [0.29, 0.717) is 12.0 Å². The molecule has 5 nitrogen and oxygen atoms in total. The highest BCUT2D eigenvalue weighted by Crippen LogP contribution is 2.28. The molecule has 2 N–H and O–H groups in total. The molecule has 0 aliphatic heterocycles. The van der Waals surface area contributed by atoms with Crippen molar-refractivity contribution in [2.24, 2.45) is 0 Å². The molecule has 0 amide bonds. The summed E-state index contributed by atoms with van der Waals surface area (Å²) in [6.07, 6.45) is 6.51. The fourth-order valence-electron chi connectivity index (χ4n) is 2.79. The molecule has 0 radical (unpaired) electrons. The monoisotopic (exact) mass is 336 g/mol. The Balaban J connectivity index is 2.02. The summed E-state index contributed by atoms with van der Waals surface area (Å²) >= 11 is 0. The van der Waals surface area contributed by atoms with Crippen LogP contribution in [0, 0.1) is 0 Å². The number of pyridine rings is 1. The summed E-state index contributed by atoms with van der Waals surface area (Å²) in [4.78, 5) is 19.6. The summed E-state index contributed by atoms with van der Waals surface area (Å²) in [5, 5.41) is 10.7. The van der Waals surface area contributed by atoms with Gasteiger partial charge in [-0.15, -0.1) is 0 Å². The molecule has 1 unspecified atom stereocenters. The number of benzene rings is 1. The summed E-state index contributed by atoms with van der Waals surface area (Å²) in [6, 6.07) is 9.10. The predicted molar refractivity (Wildman–Crippen MR) is 97.8 cm³/mol. The molecule has 3 aromatic rings. The molecular weight excluding hydrogens is 316 g/mol. The molecule has 2 heterocycles. The van der Waals surface area contributed by atoms with E-state index in [1.54, 1.807) is 50.7 Å². The van der Waals surface area contributed by atoms with Crippen molar-refractivity contribution in [1.29, 1.82) is 0 Å². The minimum absolute atomic E-state index is 0.0948. The minimum atomic E-state index is -0.488. The Hall–Kier alpha value is -2.92. The highest BCUT2D eigenvalue weighted by molar-refractivity contribution is 6.08. The maximum Gasteiger partial charge on any atom is 0.185 e. The molecule has 1 aromatic carbocycles. The zero-order valence-electron chi connectivity index (χ0n) is 14.2. The molecule has 0 aliphatic rings. The maximum absolute atomic E-state index is 12.3. The number of nitrogens with one attached hydrogen (secondary N) is 1. The van der Waals surface area contributed by atoms with Crippen molar-refractivity contribution >= 4 is 22.8 Å². The number of aromatic nitrogens is 2. The van der Waals surface area contributed by atoms with Crippen LogP contribution in [0.25, 0.3) is 17.0 Å². The topological polar surface area (TPSA) is 75.2 Å². The number of ether oxygens (including phenoxy) is 1. The van der Waals surface area contributed by atoms with E-state index in [4.69, 9.17) is 4.74 Å². The van der Waals surface area contributed by atoms with E-state index in [-0.39, 0.29) is 5.78 Å². The van der Waals surface area contributed by atoms with Crippen molar-refractivity contribution in [2.45, 2.75) is 19.4 Å². The van der Waals surface area contributed by atoms with E-state index >= 15 is 0 Å². The number of aromatic amines is 1. The number of fused-ring (bicyclic) bond motifs is 1. The Labute approximate surface area is 146 Å². The maximum atomic E-state index is 12.3. The van der Waals surface area contributed by atoms with Crippen LogP contribution < -0.4 is 4.74 Å². The van der Waals surface area contributed by atoms with Gasteiger partial charge in [-0.3, -0.25) is 9.78 Å². The summed E-state index contributed by atoms with van der Waals surface area (Å²) < 4.78 is 5.30.